The minimum atomic E-state index is -0.805. The second-order valence-electron chi connectivity index (χ2n) is 9.81. The van der Waals surface area contributed by atoms with Crippen molar-refractivity contribution in [3.05, 3.63) is 94.8 Å². The van der Waals surface area contributed by atoms with E-state index in [0.29, 0.717) is 29.4 Å². The first-order valence-corrected chi connectivity index (χ1v) is 12.2. The van der Waals surface area contributed by atoms with Gasteiger partial charge in [0.2, 0.25) is 0 Å². The van der Waals surface area contributed by atoms with Crippen LogP contribution in [0.15, 0.2) is 72.3 Å². The van der Waals surface area contributed by atoms with Gasteiger partial charge in [-0.15, -0.1) is 0 Å². The quantitative estimate of drug-likeness (QED) is 0.319. The summed E-state index contributed by atoms with van der Waals surface area (Å²) < 4.78 is 24.7. The van der Waals surface area contributed by atoms with Gasteiger partial charge in [0, 0.05) is 0 Å². The average molecular weight is 517 g/mol. The van der Waals surface area contributed by atoms with Gasteiger partial charge in [-0.2, -0.15) is 0 Å². The molecule has 0 unspecified atom stereocenters. The number of rotatable bonds is 7. The van der Waals surface area contributed by atoms with Crippen molar-refractivity contribution in [3.8, 4) is 11.5 Å². The molecule has 7 nitrogen and oxygen atoms in total. The van der Waals surface area contributed by atoms with Crippen LogP contribution >= 0.6 is 0 Å². The van der Waals surface area contributed by atoms with Gasteiger partial charge in [0.15, 0.2) is 11.5 Å². The lowest BCUT2D eigenvalue weighted by Crippen LogP contribution is -2.54. The highest BCUT2D eigenvalue weighted by atomic mass is 19.1. The van der Waals surface area contributed by atoms with E-state index in [0.717, 1.165) is 16.0 Å². The molecule has 4 amide bonds. The third-order valence-corrected chi connectivity index (χ3v) is 5.98. The van der Waals surface area contributed by atoms with E-state index in [2.05, 4.69) is 26.1 Å². The van der Waals surface area contributed by atoms with Crippen LogP contribution in [0.1, 0.15) is 44.4 Å². The number of amides is 4. The molecule has 0 aliphatic carbocycles. The molecule has 0 spiro atoms. The fraction of sp³-hybridized carbons (Fsp3) is 0.233. The minimum absolute atomic E-state index is 0.0963. The lowest BCUT2D eigenvalue weighted by Gasteiger charge is -2.27. The van der Waals surface area contributed by atoms with Crippen molar-refractivity contribution in [2.24, 2.45) is 0 Å². The standard InChI is InChI=1S/C30H29FN2O5/c1-5-37-26-17-20(8-15-25(26)38-18-19-6-11-22(31)12-7-19)16-24-27(34)32-29(36)33(28(24)35)23-13-9-21(10-14-23)30(2,3)4/h6-17H,5,18H2,1-4H3,(H,32,34,36)/b24-16+. The number of nitrogens with zero attached hydrogens (tertiary/aromatic N) is 1. The number of barbiturate groups is 1. The minimum Gasteiger partial charge on any atom is -0.490 e. The van der Waals surface area contributed by atoms with E-state index in [4.69, 9.17) is 9.47 Å². The zero-order valence-electron chi connectivity index (χ0n) is 21.7. The number of halogens is 1. The molecule has 1 aliphatic heterocycles. The lowest BCUT2D eigenvalue weighted by molar-refractivity contribution is -0.122. The third kappa shape index (κ3) is 5.91. The first-order valence-electron chi connectivity index (χ1n) is 12.2. The molecule has 3 aromatic rings. The van der Waals surface area contributed by atoms with Crippen molar-refractivity contribution in [3.63, 3.8) is 0 Å². The Morgan fingerprint density at radius 1 is 0.895 bits per heavy atom. The predicted molar refractivity (Wildman–Crippen MR) is 142 cm³/mol. The second kappa shape index (κ2) is 10.9. The van der Waals surface area contributed by atoms with Crippen LogP contribution in [0.5, 0.6) is 11.5 Å². The number of ether oxygens (including phenoxy) is 2. The molecule has 1 aliphatic rings. The molecular weight excluding hydrogens is 487 g/mol. The molecule has 3 aromatic carbocycles. The molecule has 0 atom stereocenters. The smallest absolute Gasteiger partial charge is 0.335 e. The van der Waals surface area contributed by atoms with E-state index in [1.54, 1.807) is 42.5 Å². The molecule has 0 bridgehead atoms. The van der Waals surface area contributed by atoms with Crippen LogP contribution < -0.4 is 19.7 Å². The van der Waals surface area contributed by atoms with Gasteiger partial charge < -0.3 is 9.47 Å². The fourth-order valence-corrected chi connectivity index (χ4v) is 3.91. The van der Waals surface area contributed by atoms with Crippen LogP contribution in [0.4, 0.5) is 14.9 Å². The molecule has 0 saturated carbocycles. The number of carbonyl (C=O) groups excluding carboxylic acids is 3. The van der Waals surface area contributed by atoms with Gasteiger partial charge in [0.25, 0.3) is 11.8 Å². The summed E-state index contributed by atoms with van der Waals surface area (Å²) in [7, 11) is 0. The van der Waals surface area contributed by atoms with E-state index >= 15 is 0 Å². The summed E-state index contributed by atoms with van der Waals surface area (Å²) in [6, 6.07) is 17.2. The van der Waals surface area contributed by atoms with Crippen LogP contribution in [0.2, 0.25) is 0 Å². The SMILES string of the molecule is CCOc1cc(/C=C2\C(=O)NC(=O)N(c3ccc(C(C)(C)C)cc3)C2=O)ccc1OCc1ccc(F)cc1. The Morgan fingerprint density at radius 3 is 2.21 bits per heavy atom. The van der Waals surface area contributed by atoms with E-state index < -0.39 is 17.8 Å². The summed E-state index contributed by atoms with van der Waals surface area (Å²) in [6.45, 7) is 8.58. The Morgan fingerprint density at radius 2 is 1.58 bits per heavy atom. The van der Waals surface area contributed by atoms with Gasteiger partial charge in [-0.25, -0.2) is 14.1 Å². The molecule has 38 heavy (non-hydrogen) atoms. The van der Waals surface area contributed by atoms with Crippen molar-refractivity contribution < 1.29 is 28.2 Å². The number of nitrogens with one attached hydrogen (secondary N) is 1. The van der Waals surface area contributed by atoms with Crippen molar-refractivity contribution in [2.45, 2.75) is 39.7 Å². The third-order valence-electron chi connectivity index (χ3n) is 5.98. The average Bonchev–Trinajstić information content (AvgIpc) is 2.87. The van der Waals surface area contributed by atoms with Crippen LogP contribution in [0, 0.1) is 5.82 Å². The maximum Gasteiger partial charge on any atom is 0.335 e. The van der Waals surface area contributed by atoms with Gasteiger partial charge in [0.05, 0.1) is 12.3 Å². The highest BCUT2D eigenvalue weighted by Crippen LogP contribution is 2.31. The number of hydrogen-bond acceptors (Lipinski definition) is 5. The highest BCUT2D eigenvalue weighted by molar-refractivity contribution is 6.39. The largest absolute Gasteiger partial charge is 0.490 e. The summed E-state index contributed by atoms with van der Waals surface area (Å²) in [5, 5.41) is 2.24. The summed E-state index contributed by atoms with van der Waals surface area (Å²) in [6.07, 6.45) is 1.41. The Kier molecular flexibility index (Phi) is 7.62. The van der Waals surface area contributed by atoms with E-state index in [-0.39, 0.29) is 23.4 Å². The van der Waals surface area contributed by atoms with Gasteiger partial charge in [-0.3, -0.25) is 14.9 Å². The van der Waals surface area contributed by atoms with E-state index in [1.807, 2.05) is 19.1 Å². The second-order valence-corrected chi connectivity index (χ2v) is 9.81. The zero-order valence-corrected chi connectivity index (χ0v) is 21.7. The fourth-order valence-electron chi connectivity index (χ4n) is 3.91. The maximum absolute atomic E-state index is 13.3. The molecule has 8 heteroatoms. The summed E-state index contributed by atoms with van der Waals surface area (Å²) in [5.41, 5.74) is 2.41. The Hall–Kier alpha value is -4.46. The number of anilines is 1. The summed E-state index contributed by atoms with van der Waals surface area (Å²) >= 11 is 0. The molecule has 4 rings (SSSR count). The monoisotopic (exact) mass is 516 g/mol. The van der Waals surface area contributed by atoms with Gasteiger partial charge in [0.1, 0.15) is 18.0 Å². The molecule has 1 saturated heterocycles. The molecule has 1 fully saturated rings. The summed E-state index contributed by atoms with van der Waals surface area (Å²) in [4.78, 5) is 39.4. The van der Waals surface area contributed by atoms with Crippen molar-refractivity contribution in [1.29, 1.82) is 0 Å². The normalized spacial score (nSPS) is 15.0. The van der Waals surface area contributed by atoms with Gasteiger partial charge >= 0.3 is 6.03 Å². The Balaban J connectivity index is 1.59. The number of hydrogen-bond donors (Lipinski definition) is 1. The molecule has 1 heterocycles. The number of benzene rings is 3. The van der Waals surface area contributed by atoms with Crippen molar-refractivity contribution in [1.82, 2.24) is 5.32 Å². The number of imide groups is 2. The molecule has 196 valence electrons. The van der Waals surface area contributed by atoms with E-state index in [9.17, 15) is 18.8 Å². The van der Waals surface area contributed by atoms with Crippen LogP contribution in [0.25, 0.3) is 6.08 Å². The lowest BCUT2D eigenvalue weighted by atomic mass is 9.87. The molecule has 0 radical (unpaired) electrons. The zero-order chi connectivity index (χ0) is 27.4. The maximum atomic E-state index is 13.3. The van der Waals surface area contributed by atoms with E-state index in [1.165, 1.54) is 18.2 Å². The van der Waals surface area contributed by atoms with Crippen molar-refractivity contribution >= 4 is 29.6 Å². The highest BCUT2D eigenvalue weighted by Gasteiger charge is 2.37. The number of urea groups is 1. The molecule has 0 aromatic heterocycles. The van der Waals surface area contributed by atoms with Crippen molar-refractivity contribution in [2.75, 3.05) is 11.5 Å². The van der Waals surface area contributed by atoms with Crippen LogP contribution in [0.3, 0.4) is 0 Å². The molecule has 1 N–H and O–H groups in total. The first kappa shape index (κ1) is 26.6. The predicted octanol–water partition coefficient (Wildman–Crippen LogP) is 5.77. The first-order chi connectivity index (χ1) is 18.1. The topological polar surface area (TPSA) is 84.9 Å². The molecular formula is C30H29FN2O5. The van der Waals surface area contributed by atoms with Gasteiger partial charge in [-0.1, -0.05) is 51.1 Å². The number of carbonyl (C=O) groups is 3. The summed E-state index contributed by atoms with van der Waals surface area (Å²) in [5.74, 6) is -0.967. The van der Waals surface area contributed by atoms with Gasteiger partial charge in [-0.05, 0) is 71.5 Å². The Bertz CT molecular complexity index is 1390. The van der Waals surface area contributed by atoms with Crippen LogP contribution in [-0.4, -0.2) is 24.5 Å². The Labute approximate surface area is 220 Å². The van der Waals surface area contributed by atoms with Crippen LogP contribution in [-0.2, 0) is 21.6 Å².